The smallest absolute Gasteiger partial charge is 0.349 e. The Morgan fingerprint density at radius 3 is 2.47 bits per heavy atom. The van der Waals surface area contributed by atoms with Gasteiger partial charge in [0.15, 0.2) is 0 Å². The summed E-state index contributed by atoms with van der Waals surface area (Å²) in [4.78, 5) is 11.6. The van der Waals surface area contributed by atoms with Crippen LogP contribution in [0.1, 0.15) is 28.8 Å². The summed E-state index contributed by atoms with van der Waals surface area (Å²) in [5.74, 6) is -0.386. The van der Waals surface area contributed by atoms with Crippen molar-refractivity contribution in [3.05, 3.63) is 34.3 Å². The molecule has 1 fully saturated rings. The highest BCUT2D eigenvalue weighted by Crippen LogP contribution is 2.35. The fourth-order valence-corrected chi connectivity index (χ4v) is 1.67. The van der Waals surface area contributed by atoms with Crippen molar-refractivity contribution in [2.24, 2.45) is 0 Å². The average molecular weight is 264 g/mol. The molecule has 0 heterocycles. The molecule has 2 rings (SSSR count). The van der Waals surface area contributed by atoms with E-state index in [0.29, 0.717) is 0 Å². The zero-order valence-electron chi connectivity index (χ0n) is 8.64. The highest BCUT2D eigenvalue weighted by molar-refractivity contribution is 6.31. The molecule has 1 aliphatic rings. The normalized spacial score (nSPS) is 15.8. The van der Waals surface area contributed by atoms with E-state index in [1.807, 2.05) is 0 Å². The van der Waals surface area contributed by atoms with Gasteiger partial charge in [0.25, 0.3) is 5.91 Å². The number of carbonyl (C=O) groups is 1. The summed E-state index contributed by atoms with van der Waals surface area (Å²) in [5.41, 5.74) is -0.781. The molecule has 0 spiro atoms. The number of hydrogen-bond acceptors (Lipinski definition) is 1. The van der Waals surface area contributed by atoms with Crippen LogP contribution < -0.4 is 5.32 Å². The summed E-state index contributed by atoms with van der Waals surface area (Å²) in [6, 6.07) is 3.15. The summed E-state index contributed by atoms with van der Waals surface area (Å²) in [6.45, 7) is 0. The van der Waals surface area contributed by atoms with Crippen molar-refractivity contribution in [1.82, 2.24) is 5.32 Å². The van der Waals surface area contributed by atoms with E-state index in [9.17, 15) is 18.0 Å². The first-order valence-electron chi connectivity index (χ1n) is 5.05. The number of amides is 1. The highest BCUT2D eigenvalue weighted by Gasteiger charge is 2.33. The van der Waals surface area contributed by atoms with Gasteiger partial charge in [-0.15, -0.1) is 0 Å². The molecule has 2 nitrogen and oxygen atoms in total. The van der Waals surface area contributed by atoms with E-state index >= 15 is 0 Å². The van der Waals surface area contributed by atoms with E-state index in [1.165, 1.54) is 0 Å². The molecule has 17 heavy (non-hydrogen) atoms. The van der Waals surface area contributed by atoms with Gasteiger partial charge in [-0.1, -0.05) is 11.6 Å². The van der Waals surface area contributed by atoms with E-state index in [-0.39, 0.29) is 17.5 Å². The van der Waals surface area contributed by atoms with Crippen molar-refractivity contribution < 1.29 is 18.0 Å². The predicted molar refractivity (Wildman–Crippen MR) is 56.9 cm³/mol. The maximum Gasteiger partial charge on any atom is 0.417 e. The van der Waals surface area contributed by atoms with Crippen LogP contribution in [0, 0.1) is 0 Å². The van der Waals surface area contributed by atoms with Gasteiger partial charge in [-0.3, -0.25) is 4.79 Å². The van der Waals surface area contributed by atoms with Crippen molar-refractivity contribution in [2.45, 2.75) is 25.1 Å². The third kappa shape index (κ3) is 2.91. The van der Waals surface area contributed by atoms with Crippen LogP contribution in [-0.2, 0) is 6.18 Å². The zero-order valence-corrected chi connectivity index (χ0v) is 9.40. The van der Waals surface area contributed by atoms with Crippen molar-refractivity contribution >= 4 is 17.5 Å². The van der Waals surface area contributed by atoms with Gasteiger partial charge in [-0.05, 0) is 31.0 Å². The maximum absolute atomic E-state index is 12.4. The van der Waals surface area contributed by atoms with Gasteiger partial charge >= 0.3 is 6.18 Å². The van der Waals surface area contributed by atoms with E-state index in [2.05, 4.69) is 5.32 Å². The third-order valence-corrected chi connectivity index (χ3v) is 2.76. The second kappa shape index (κ2) is 4.22. The summed E-state index contributed by atoms with van der Waals surface area (Å²) < 4.78 is 37.2. The molecule has 1 aromatic carbocycles. The fourth-order valence-electron chi connectivity index (χ4n) is 1.38. The molecule has 0 atom stereocenters. The molecule has 0 aromatic heterocycles. The Morgan fingerprint density at radius 2 is 2.00 bits per heavy atom. The molecule has 1 saturated carbocycles. The predicted octanol–water partition coefficient (Wildman–Crippen LogP) is 3.25. The standard InChI is InChI=1S/C11H9ClF3NO/c12-9-5-6(10(17)16-7-2-3-7)1-4-8(9)11(13,14)15/h1,4-5,7H,2-3H2,(H,16,17). The maximum atomic E-state index is 12.4. The summed E-state index contributed by atoms with van der Waals surface area (Å²) in [7, 11) is 0. The quantitative estimate of drug-likeness (QED) is 0.872. The van der Waals surface area contributed by atoms with Crippen LogP contribution >= 0.6 is 11.6 Å². The van der Waals surface area contributed by atoms with E-state index in [0.717, 1.165) is 31.0 Å². The number of benzene rings is 1. The minimum absolute atomic E-state index is 0.148. The monoisotopic (exact) mass is 263 g/mol. The molecule has 0 bridgehead atoms. The van der Waals surface area contributed by atoms with Crippen LogP contribution in [0.5, 0.6) is 0 Å². The highest BCUT2D eigenvalue weighted by atomic mass is 35.5. The minimum Gasteiger partial charge on any atom is -0.349 e. The van der Waals surface area contributed by atoms with Crippen molar-refractivity contribution in [3.8, 4) is 0 Å². The summed E-state index contributed by atoms with van der Waals surface area (Å²) >= 11 is 5.51. The van der Waals surface area contributed by atoms with Crippen molar-refractivity contribution in [3.63, 3.8) is 0 Å². The second-order valence-corrected chi connectivity index (χ2v) is 4.35. The Bertz CT molecular complexity index is 455. The first kappa shape index (κ1) is 12.2. The lowest BCUT2D eigenvalue weighted by Gasteiger charge is -2.10. The molecule has 92 valence electrons. The van der Waals surface area contributed by atoms with Crippen molar-refractivity contribution in [2.75, 3.05) is 0 Å². The molecule has 1 aliphatic carbocycles. The molecule has 0 aliphatic heterocycles. The summed E-state index contributed by atoms with van der Waals surface area (Å²) in [5, 5.41) is 2.22. The Labute approximate surface area is 101 Å². The first-order valence-corrected chi connectivity index (χ1v) is 5.43. The van der Waals surface area contributed by atoms with Crippen LogP contribution in [0.4, 0.5) is 13.2 Å². The van der Waals surface area contributed by atoms with Crippen LogP contribution in [0.25, 0.3) is 0 Å². The number of carbonyl (C=O) groups excluding carboxylic acids is 1. The van der Waals surface area contributed by atoms with Crippen molar-refractivity contribution in [1.29, 1.82) is 0 Å². The van der Waals surface area contributed by atoms with Gasteiger partial charge in [-0.25, -0.2) is 0 Å². The largest absolute Gasteiger partial charge is 0.417 e. The molecule has 0 saturated heterocycles. The number of rotatable bonds is 2. The number of nitrogens with one attached hydrogen (secondary N) is 1. The van der Waals surface area contributed by atoms with E-state index < -0.39 is 16.8 Å². The van der Waals surface area contributed by atoms with E-state index in [4.69, 9.17) is 11.6 Å². The summed E-state index contributed by atoms with van der Waals surface area (Å²) in [6.07, 6.45) is -2.66. The SMILES string of the molecule is O=C(NC1CC1)c1ccc(C(F)(F)F)c(Cl)c1. The molecule has 0 radical (unpaired) electrons. The van der Waals surface area contributed by atoms with Gasteiger partial charge in [0.2, 0.25) is 0 Å². The Morgan fingerprint density at radius 1 is 1.35 bits per heavy atom. The van der Waals surface area contributed by atoms with Crippen LogP contribution in [0.3, 0.4) is 0 Å². The molecule has 6 heteroatoms. The topological polar surface area (TPSA) is 29.1 Å². The zero-order chi connectivity index (χ0) is 12.6. The molecule has 1 aromatic rings. The average Bonchev–Trinajstić information content (AvgIpc) is 2.99. The Hall–Kier alpha value is -1.23. The molecular weight excluding hydrogens is 255 g/mol. The lowest BCUT2D eigenvalue weighted by Crippen LogP contribution is -2.25. The van der Waals surface area contributed by atoms with Gasteiger partial charge in [-0.2, -0.15) is 13.2 Å². The fraction of sp³-hybridized carbons (Fsp3) is 0.364. The van der Waals surface area contributed by atoms with Gasteiger partial charge in [0.05, 0.1) is 10.6 Å². The number of alkyl halides is 3. The number of hydrogen-bond donors (Lipinski definition) is 1. The van der Waals surface area contributed by atoms with Gasteiger partial charge in [0, 0.05) is 11.6 Å². The van der Waals surface area contributed by atoms with Crippen LogP contribution in [0.2, 0.25) is 5.02 Å². The van der Waals surface area contributed by atoms with Crippen LogP contribution in [-0.4, -0.2) is 11.9 Å². The Kier molecular flexibility index (Phi) is 3.03. The van der Waals surface area contributed by atoms with Gasteiger partial charge in [0.1, 0.15) is 0 Å². The third-order valence-electron chi connectivity index (χ3n) is 2.45. The minimum atomic E-state index is -4.50. The second-order valence-electron chi connectivity index (χ2n) is 3.94. The lowest BCUT2D eigenvalue weighted by atomic mass is 10.1. The van der Waals surface area contributed by atoms with Crippen LogP contribution in [0.15, 0.2) is 18.2 Å². The number of halogens is 4. The first-order chi connectivity index (χ1) is 7.88. The lowest BCUT2D eigenvalue weighted by molar-refractivity contribution is -0.137. The van der Waals surface area contributed by atoms with E-state index in [1.54, 1.807) is 0 Å². The van der Waals surface area contributed by atoms with Gasteiger partial charge < -0.3 is 5.32 Å². The molecule has 1 N–H and O–H groups in total. The molecular formula is C11H9ClF3NO. The molecule has 0 unspecified atom stereocenters. The molecule has 1 amide bonds. The Balaban J connectivity index is 2.20.